The molecule has 0 aliphatic heterocycles. The molecule has 3 N–H and O–H groups in total. The number of nitrogen functional groups attached to an aromatic ring is 1. The van der Waals surface area contributed by atoms with Gasteiger partial charge in [0.05, 0.1) is 5.52 Å². The quantitative estimate of drug-likeness (QED) is 0.560. The first kappa shape index (κ1) is 10.2. The topological polar surface area (TPSA) is 41.8 Å². The van der Waals surface area contributed by atoms with Gasteiger partial charge in [0, 0.05) is 22.0 Å². The maximum atomic E-state index is 6.15. The summed E-state index contributed by atoms with van der Waals surface area (Å²) in [6.07, 6.45) is 0. The predicted octanol–water partition coefficient (Wildman–Crippen LogP) is 3.83. The van der Waals surface area contributed by atoms with Gasteiger partial charge in [-0.2, -0.15) is 0 Å². The van der Waals surface area contributed by atoms with Crippen molar-refractivity contribution < 1.29 is 0 Å². The van der Waals surface area contributed by atoms with E-state index in [0.29, 0.717) is 0 Å². The molecule has 0 unspecified atom stereocenters. The maximum Gasteiger partial charge on any atom is 0.0518 e. The number of aromatic amines is 1. The zero-order valence-electron chi connectivity index (χ0n) is 10.4. The Hall–Kier alpha value is -1.96. The molecule has 0 radical (unpaired) electrons. The summed E-state index contributed by atoms with van der Waals surface area (Å²) in [4.78, 5) is 3.48. The minimum atomic E-state index is 0.904. The van der Waals surface area contributed by atoms with Crippen LogP contribution in [0, 0.1) is 20.8 Å². The number of hydrogen-bond donors (Lipinski definition) is 2. The van der Waals surface area contributed by atoms with Crippen LogP contribution >= 0.6 is 0 Å². The van der Waals surface area contributed by atoms with Gasteiger partial charge < -0.3 is 10.7 Å². The highest BCUT2D eigenvalue weighted by Gasteiger charge is 2.13. The standard InChI is InChI=1S/C15H16N2/c1-8-9(2)14(16)10(3)15-13(8)11-6-4-5-7-12(11)17-15/h4-7,17H,16H2,1-3H3. The Morgan fingerprint density at radius 2 is 1.65 bits per heavy atom. The van der Waals surface area contributed by atoms with E-state index in [0.717, 1.165) is 11.3 Å². The number of anilines is 1. The van der Waals surface area contributed by atoms with Gasteiger partial charge in [-0.15, -0.1) is 0 Å². The summed E-state index contributed by atoms with van der Waals surface area (Å²) in [5, 5.41) is 2.59. The van der Waals surface area contributed by atoms with E-state index >= 15 is 0 Å². The number of rotatable bonds is 0. The summed E-state index contributed by atoms with van der Waals surface area (Å²) >= 11 is 0. The van der Waals surface area contributed by atoms with Gasteiger partial charge >= 0.3 is 0 Å². The minimum absolute atomic E-state index is 0.904. The van der Waals surface area contributed by atoms with Crippen molar-refractivity contribution in [1.82, 2.24) is 4.98 Å². The Morgan fingerprint density at radius 1 is 0.941 bits per heavy atom. The minimum Gasteiger partial charge on any atom is -0.398 e. The second kappa shape index (κ2) is 3.27. The molecular formula is C15H16N2. The van der Waals surface area contributed by atoms with Gasteiger partial charge in [-0.3, -0.25) is 0 Å². The van der Waals surface area contributed by atoms with Crippen LogP contribution in [0.25, 0.3) is 21.8 Å². The molecule has 0 fully saturated rings. The molecule has 0 atom stereocenters. The number of aryl methyl sites for hydroxylation is 2. The molecule has 0 saturated carbocycles. The van der Waals surface area contributed by atoms with Crippen molar-refractivity contribution in [2.45, 2.75) is 20.8 Å². The molecule has 0 saturated heterocycles. The Morgan fingerprint density at radius 3 is 2.41 bits per heavy atom. The van der Waals surface area contributed by atoms with Crippen LogP contribution in [0.5, 0.6) is 0 Å². The third kappa shape index (κ3) is 1.21. The van der Waals surface area contributed by atoms with E-state index in [4.69, 9.17) is 5.73 Å². The van der Waals surface area contributed by atoms with Gasteiger partial charge in [0.2, 0.25) is 0 Å². The molecule has 1 aromatic heterocycles. The number of benzene rings is 2. The van der Waals surface area contributed by atoms with Crippen molar-refractivity contribution in [2.24, 2.45) is 0 Å². The molecule has 86 valence electrons. The fourth-order valence-corrected chi connectivity index (χ4v) is 2.62. The normalized spacial score (nSPS) is 11.5. The smallest absolute Gasteiger partial charge is 0.0518 e. The van der Waals surface area contributed by atoms with Gasteiger partial charge in [-0.05, 0) is 43.5 Å². The van der Waals surface area contributed by atoms with E-state index in [9.17, 15) is 0 Å². The number of fused-ring (bicyclic) bond motifs is 3. The molecule has 0 amide bonds. The first-order valence-corrected chi connectivity index (χ1v) is 5.87. The fourth-order valence-electron chi connectivity index (χ4n) is 2.62. The van der Waals surface area contributed by atoms with Gasteiger partial charge in [0.15, 0.2) is 0 Å². The third-order valence-electron chi connectivity index (χ3n) is 3.83. The van der Waals surface area contributed by atoms with Crippen LogP contribution in [-0.4, -0.2) is 4.98 Å². The zero-order valence-corrected chi connectivity index (χ0v) is 10.4. The number of nitrogens with one attached hydrogen (secondary N) is 1. The second-order valence-electron chi connectivity index (χ2n) is 4.71. The monoisotopic (exact) mass is 224 g/mol. The van der Waals surface area contributed by atoms with Gasteiger partial charge in [0.1, 0.15) is 0 Å². The average molecular weight is 224 g/mol. The van der Waals surface area contributed by atoms with Crippen LogP contribution in [0.1, 0.15) is 16.7 Å². The fraction of sp³-hybridized carbons (Fsp3) is 0.200. The lowest BCUT2D eigenvalue weighted by atomic mass is 9.97. The molecule has 2 nitrogen and oxygen atoms in total. The maximum absolute atomic E-state index is 6.15. The zero-order chi connectivity index (χ0) is 12.2. The van der Waals surface area contributed by atoms with Crippen molar-refractivity contribution in [1.29, 1.82) is 0 Å². The second-order valence-corrected chi connectivity index (χ2v) is 4.71. The number of para-hydroxylation sites is 1. The van der Waals surface area contributed by atoms with E-state index < -0.39 is 0 Å². The highest BCUT2D eigenvalue weighted by molar-refractivity contribution is 6.11. The lowest BCUT2D eigenvalue weighted by molar-refractivity contribution is 1.34. The predicted molar refractivity (Wildman–Crippen MR) is 74.4 cm³/mol. The molecule has 2 aromatic carbocycles. The molecule has 3 aromatic rings. The van der Waals surface area contributed by atoms with E-state index in [1.165, 1.54) is 32.9 Å². The van der Waals surface area contributed by atoms with Crippen LogP contribution in [-0.2, 0) is 0 Å². The first-order chi connectivity index (χ1) is 8.11. The SMILES string of the molecule is Cc1c(N)c(C)c2[nH]c3ccccc3c2c1C. The van der Waals surface area contributed by atoms with Crippen molar-refractivity contribution >= 4 is 27.5 Å². The summed E-state index contributed by atoms with van der Waals surface area (Å²) in [6, 6.07) is 8.41. The Bertz CT molecular complexity index is 736. The lowest BCUT2D eigenvalue weighted by Crippen LogP contribution is -1.97. The molecule has 1 heterocycles. The highest BCUT2D eigenvalue weighted by atomic mass is 14.7. The number of hydrogen-bond acceptors (Lipinski definition) is 1. The van der Waals surface area contributed by atoms with Crippen LogP contribution < -0.4 is 5.73 Å². The highest BCUT2D eigenvalue weighted by Crippen LogP contribution is 2.35. The molecule has 3 rings (SSSR count). The largest absolute Gasteiger partial charge is 0.398 e. The van der Waals surface area contributed by atoms with Crippen LogP contribution in [0.3, 0.4) is 0 Å². The Labute approximate surface area is 100 Å². The van der Waals surface area contributed by atoms with Crippen molar-refractivity contribution in [3.63, 3.8) is 0 Å². The van der Waals surface area contributed by atoms with E-state index in [1.807, 2.05) is 0 Å². The van der Waals surface area contributed by atoms with Crippen molar-refractivity contribution in [2.75, 3.05) is 5.73 Å². The molecule has 2 heteroatoms. The summed E-state index contributed by atoms with van der Waals surface area (Å²) in [5.74, 6) is 0. The van der Waals surface area contributed by atoms with Gasteiger partial charge in [-0.25, -0.2) is 0 Å². The van der Waals surface area contributed by atoms with Gasteiger partial charge in [0.25, 0.3) is 0 Å². The van der Waals surface area contributed by atoms with E-state index in [-0.39, 0.29) is 0 Å². The van der Waals surface area contributed by atoms with Crippen LogP contribution in [0.2, 0.25) is 0 Å². The summed E-state index contributed by atoms with van der Waals surface area (Å²) in [5.41, 5.74) is 13.0. The third-order valence-corrected chi connectivity index (χ3v) is 3.83. The molecule has 0 aliphatic rings. The molecule has 0 spiro atoms. The number of nitrogens with two attached hydrogens (primary N) is 1. The molecular weight excluding hydrogens is 208 g/mol. The molecule has 17 heavy (non-hydrogen) atoms. The van der Waals surface area contributed by atoms with Crippen molar-refractivity contribution in [3.8, 4) is 0 Å². The lowest BCUT2D eigenvalue weighted by Gasteiger charge is -2.10. The summed E-state index contributed by atoms with van der Waals surface area (Å²) in [6.45, 7) is 6.33. The van der Waals surface area contributed by atoms with Crippen molar-refractivity contribution in [3.05, 3.63) is 41.0 Å². The number of H-pyrrole nitrogens is 1. The average Bonchev–Trinajstić information content (AvgIpc) is 2.73. The van der Waals surface area contributed by atoms with Crippen LogP contribution in [0.4, 0.5) is 5.69 Å². The molecule has 0 aliphatic carbocycles. The van der Waals surface area contributed by atoms with E-state index in [1.54, 1.807) is 0 Å². The first-order valence-electron chi connectivity index (χ1n) is 5.87. The Kier molecular flexibility index (Phi) is 1.96. The van der Waals surface area contributed by atoms with Gasteiger partial charge in [-0.1, -0.05) is 18.2 Å². The summed E-state index contributed by atoms with van der Waals surface area (Å²) < 4.78 is 0. The summed E-state index contributed by atoms with van der Waals surface area (Å²) in [7, 11) is 0. The Balaban J connectivity index is 2.67. The van der Waals surface area contributed by atoms with Crippen LogP contribution in [0.15, 0.2) is 24.3 Å². The molecule has 0 bridgehead atoms. The number of aromatic nitrogens is 1. The van der Waals surface area contributed by atoms with E-state index in [2.05, 4.69) is 50.0 Å².